The van der Waals surface area contributed by atoms with Crippen LogP contribution in [0.3, 0.4) is 0 Å². The quantitative estimate of drug-likeness (QED) is 0.0212. The molecular weight excluding hydrogens is 1020 g/mol. The van der Waals surface area contributed by atoms with E-state index in [1.165, 1.54) is 276 Å². The maximum Gasteiger partial charge on any atom is 0.306 e. The molecule has 480 valence electrons. The van der Waals surface area contributed by atoms with Crippen LogP contribution in [0.25, 0.3) is 0 Å². The average Bonchev–Trinajstić information content (AvgIpc) is 3.44. The fourth-order valence-corrected chi connectivity index (χ4v) is 11.6. The van der Waals surface area contributed by atoms with Gasteiger partial charge in [-0.25, -0.2) is 0 Å². The molecule has 9 nitrogen and oxygen atoms in total. The SMILES string of the molecule is CCCCCCCC/C=C/CCCCCCCCCCCCCC(=O)OC(/C=C/CCCCCCCCCCCCC)C(COP(=O)([O-])OCC[N+](C)(C)C)NC(=O)CCCCCCCCCCCCCCCCCCCCCCC. The van der Waals surface area contributed by atoms with E-state index in [1.807, 2.05) is 33.3 Å². The average molecular weight is 1160 g/mol. The molecule has 0 aromatic carbocycles. The maximum atomic E-state index is 13.6. The molecule has 0 aliphatic heterocycles. The van der Waals surface area contributed by atoms with Gasteiger partial charge in [-0.15, -0.1) is 0 Å². The first-order valence-electron chi connectivity index (χ1n) is 35.6. The highest BCUT2D eigenvalue weighted by Crippen LogP contribution is 2.38. The van der Waals surface area contributed by atoms with E-state index < -0.39 is 20.0 Å². The number of allylic oxidation sites excluding steroid dienone is 3. The number of amides is 1. The smallest absolute Gasteiger partial charge is 0.306 e. The molecule has 0 heterocycles. The second-order valence-corrected chi connectivity index (χ2v) is 27.2. The summed E-state index contributed by atoms with van der Waals surface area (Å²) in [5, 5.41) is 3.05. The third kappa shape index (κ3) is 62.8. The minimum absolute atomic E-state index is 0.0181. The molecule has 0 bridgehead atoms. The summed E-state index contributed by atoms with van der Waals surface area (Å²) in [6.45, 7) is 6.91. The van der Waals surface area contributed by atoms with Crippen molar-refractivity contribution in [1.29, 1.82) is 0 Å². The van der Waals surface area contributed by atoms with Gasteiger partial charge in [0.25, 0.3) is 7.82 Å². The van der Waals surface area contributed by atoms with Gasteiger partial charge in [0.15, 0.2) is 0 Å². The second-order valence-electron chi connectivity index (χ2n) is 25.7. The van der Waals surface area contributed by atoms with Gasteiger partial charge in [-0.05, 0) is 57.4 Å². The number of esters is 1. The highest BCUT2D eigenvalue weighted by atomic mass is 31.2. The van der Waals surface area contributed by atoms with Gasteiger partial charge in [0.05, 0.1) is 33.8 Å². The minimum Gasteiger partial charge on any atom is -0.756 e. The Balaban J connectivity index is 5.09. The lowest BCUT2D eigenvalue weighted by atomic mass is 10.0. The molecule has 1 amide bonds. The molecule has 3 atom stereocenters. The van der Waals surface area contributed by atoms with E-state index in [-0.39, 0.29) is 31.5 Å². The number of nitrogens with one attached hydrogen (secondary N) is 1. The van der Waals surface area contributed by atoms with Gasteiger partial charge in [0.2, 0.25) is 5.91 Å². The molecule has 81 heavy (non-hydrogen) atoms. The number of unbranched alkanes of at least 4 members (excludes halogenated alkanes) is 48. The molecule has 0 saturated carbocycles. The molecule has 3 unspecified atom stereocenters. The van der Waals surface area contributed by atoms with Crippen molar-refractivity contribution in [3.05, 3.63) is 24.3 Å². The van der Waals surface area contributed by atoms with Gasteiger partial charge in [-0.2, -0.15) is 0 Å². The van der Waals surface area contributed by atoms with E-state index in [4.69, 9.17) is 13.8 Å². The Kier molecular flexibility index (Phi) is 60.4. The van der Waals surface area contributed by atoms with Crippen molar-refractivity contribution in [1.82, 2.24) is 5.32 Å². The summed E-state index contributed by atoms with van der Waals surface area (Å²) in [5.41, 5.74) is 0. The second kappa shape index (κ2) is 61.6. The van der Waals surface area contributed by atoms with Crippen LogP contribution in [0, 0.1) is 0 Å². The number of nitrogens with zero attached hydrogens (tertiary/aromatic N) is 1. The lowest BCUT2D eigenvalue weighted by molar-refractivity contribution is -0.870. The van der Waals surface area contributed by atoms with Gasteiger partial charge >= 0.3 is 5.97 Å². The fraction of sp³-hybridized carbons (Fsp3) is 0.915. The van der Waals surface area contributed by atoms with E-state index in [9.17, 15) is 19.0 Å². The van der Waals surface area contributed by atoms with E-state index in [2.05, 4.69) is 38.2 Å². The zero-order valence-electron chi connectivity index (χ0n) is 55.0. The van der Waals surface area contributed by atoms with Crippen LogP contribution >= 0.6 is 7.82 Å². The monoisotopic (exact) mass is 1160 g/mol. The van der Waals surface area contributed by atoms with E-state index in [1.54, 1.807) is 0 Å². The predicted octanol–water partition coefficient (Wildman–Crippen LogP) is 21.8. The lowest BCUT2D eigenvalue weighted by Gasteiger charge is -2.30. The van der Waals surface area contributed by atoms with Crippen LogP contribution in [-0.4, -0.2) is 69.4 Å². The highest BCUT2D eigenvalue weighted by molar-refractivity contribution is 7.45. The standard InChI is InChI=1S/C71H139N2O7P/c1-7-10-13-16-19-22-25-28-30-32-34-36-38-40-42-45-48-51-54-57-60-63-70(74)72-68(67-79-81(76,77)78-66-65-73(4,5)6)69(62-59-56-53-50-47-44-27-24-21-18-15-12-9-3)80-71(75)64-61-58-55-52-49-46-43-41-39-37-35-33-31-29-26-23-20-17-14-11-8-2/h29,31,59,62,68-69H,7-28,30,32-58,60-61,63-67H2,1-6H3,(H-,72,74,76,77)/b31-29+,62-59+. The van der Waals surface area contributed by atoms with Crippen LogP contribution in [0.15, 0.2) is 24.3 Å². The van der Waals surface area contributed by atoms with Crippen LogP contribution in [0.5, 0.6) is 0 Å². The number of quaternary nitrogens is 1. The fourth-order valence-electron chi connectivity index (χ4n) is 10.9. The number of ether oxygens (including phenoxy) is 1. The Bertz CT molecular complexity index is 1430. The molecule has 1 N–H and O–H groups in total. The Morgan fingerprint density at radius 2 is 0.716 bits per heavy atom. The van der Waals surface area contributed by atoms with Crippen LogP contribution < -0.4 is 10.2 Å². The topological polar surface area (TPSA) is 114 Å². The van der Waals surface area contributed by atoms with Gasteiger partial charge < -0.3 is 28.5 Å². The largest absolute Gasteiger partial charge is 0.756 e. The number of hydrogen-bond donors (Lipinski definition) is 1. The molecule has 0 spiro atoms. The lowest BCUT2D eigenvalue weighted by Crippen LogP contribution is -2.47. The molecule has 0 aliphatic carbocycles. The van der Waals surface area contributed by atoms with Crippen molar-refractivity contribution in [3.63, 3.8) is 0 Å². The summed E-state index contributed by atoms with van der Waals surface area (Å²) in [7, 11) is 1.21. The van der Waals surface area contributed by atoms with Crippen molar-refractivity contribution in [3.8, 4) is 0 Å². The minimum atomic E-state index is -4.70. The molecule has 0 aliphatic rings. The molecule has 0 fully saturated rings. The van der Waals surface area contributed by atoms with Crippen molar-refractivity contribution in [2.75, 3.05) is 40.9 Å². The number of carbonyl (C=O) groups excluding carboxylic acids is 2. The maximum absolute atomic E-state index is 13.6. The molecule has 0 aromatic rings. The van der Waals surface area contributed by atoms with Gasteiger partial charge in [-0.1, -0.05) is 322 Å². The zero-order chi connectivity index (χ0) is 59.3. The molecular formula is C71H139N2O7P. The highest BCUT2D eigenvalue weighted by Gasteiger charge is 2.27. The number of carbonyl (C=O) groups is 2. The van der Waals surface area contributed by atoms with Crippen LogP contribution in [-0.2, 0) is 27.9 Å². The number of rotatable bonds is 66. The van der Waals surface area contributed by atoms with Crippen molar-refractivity contribution in [2.45, 2.75) is 380 Å². The van der Waals surface area contributed by atoms with Gasteiger partial charge in [0, 0.05) is 12.8 Å². The van der Waals surface area contributed by atoms with Gasteiger partial charge in [-0.3, -0.25) is 14.2 Å². The first kappa shape index (κ1) is 79.5. The Morgan fingerprint density at radius 3 is 1.05 bits per heavy atom. The zero-order valence-corrected chi connectivity index (χ0v) is 55.9. The molecule has 10 heteroatoms. The normalized spacial score (nSPS) is 13.6. The molecule has 0 saturated heterocycles. The van der Waals surface area contributed by atoms with Crippen LogP contribution in [0.4, 0.5) is 0 Å². The predicted molar refractivity (Wildman–Crippen MR) is 349 cm³/mol. The Hall–Kier alpha value is -1.51. The number of phosphoric ester groups is 1. The first-order chi connectivity index (χ1) is 39.4. The van der Waals surface area contributed by atoms with E-state index >= 15 is 0 Å². The first-order valence-corrected chi connectivity index (χ1v) is 37.1. The van der Waals surface area contributed by atoms with Crippen molar-refractivity contribution < 1.29 is 37.3 Å². The molecule has 0 radical (unpaired) electrons. The Morgan fingerprint density at radius 1 is 0.420 bits per heavy atom. The summed E-state index contributed by atoms with van der Waals surface area (Å²) in [6, 6.07) is -0.884. The van der Waals surface area contributed by atoms with Crippen LogP contribution in [0.2, 0.25) is 0 Å². The molecule has 0 aromatic heterocycles. The molecule has 0 rings (SSSR count). The third-order valence-corrected chi connectivity index (χ3v) is 17.3. The summed E-state index contributed by atoms with van der Waals surface area (Å²) in [5.74, 6) is -0.518. The third-order valence-electron chi connectivity index (χ3n) is 16.4. The summed E-state index contributed by atoms with van der Waals surface area (Å²) in [6.07, 6.45) is 74.4. The number of likely N-dealkylation sites (N-methyl/N-ethyl adjacent to an activating group) is 1. The van der Waals surface area contributed by atoms with Gasteiger partial charge in [0.1, 0.15) is 19.3 Å². The van der Waals surface area contributed by atoms with Crippen LogP contribution in [0.1, 0.15) is 367 Å². The van der Waals surface area contributed by atoms with Crippen molar-refractivity contribution >= 4 is 19.7 Å². The number of hydrogen-bond acceptors (Lipinski definition) is 7. The summed E-state index contributed by atoms with van der Waals surface area (Å²) < 4.78 is 30.5. The van der Waals surface area contributed by atoms with E-state index in [0.29, 0.717) is 17.4 Å². The number of phosphoric acid groups is 1. The van der Waals surface area contributed by atoms with Crippen molar-refractivity contribution in [2.24, 2.45) is 0 Å². The Labute approximate surface area is 504 Å². The summed E-state index contributed by atoms with van der Waals surface area (Å²) >= 11 is 0. The van der Waals surface area contributed by atoms with E-state index in [0.717, 1.165) is 57.8 Å². The summed E-state index contributed by atoms with van der Waals surface area (Å²) in [4.78, 5) is 40.2.